The number of halogens is 2. The number of nitrogens with one attached hydrogen (secondary N) is 1. The number of hydrogen-bond donors (Lipinski definition) is 1. The summed E-state index contributed by atoms with van der Waals surface area (Å²) >= 11 is 12.2. The van der Waals surface area contributed by atoms with Crippen molar-refractivity contribution in [1.29, 1.82) is 0 Å². The van der Waals surface area contributed by atoms with Gasteiger partial charge in [-0.3, -0.25) is 4.68 Å². The Balaban J connectivity index is 1.65. The van der Waals surface area contributed by atoms with Gasteiger partial charge in [0.25, 0.3) is 0 Å². The van der Waals surface area contributed by atoms with Crippen molar-refractivity contribution in [1.82, 2.24) is 20.0 Å². The lowest BCUT2D eigenvalue weighted by Crippen LogP contribution is -2.38. The molecule has 0 spiro atoms. The Morgan fingerprint density at radius 3 is 2.61 bits per heavy atom. The number of rotatable bonds is 6. The lowest BCUT2D eigenvalue weighted by molar-refractivity contribution is 0.194. The maximum atomic E-state index is 12.7. The van der Waals surface area contributed by atoms with Gasteiger partial charge in [0.1, 0.15) is 0 Å². The van der Waals surface area contributed by atoms with Gasteiger partial charge in [0.2, 0.25) is 0 Å². The second-order valence-corrected chi connectivity index (χ2v) is 7.43. The molecular weight excluding hydrogens is 395 g/mol. The van der Waals surface area contributed by atoms with E-state index in [1.165, 1.54) is 0 Å². The molecule has 1 N–H and O–H groups in total. The molecule has 0 aliphatic heterocycles. The summed E-state index contributed by atoms with van der Waals surface area (Å²) in [5.74, 6) is 0. The third kappa shape index (κ3) is 4.86. The molecule has 0 saturated carbocycles. The predicted molar refractivity (Wildman–Crippen MR) is 113 cm³/mol. The number of nitrogens with zero attached hydrogens (tertiary/aromatic N) is 3. The first-order valence-corrected chi connectivity index (χ1v) is 9.71. The average Bonchev–Trinajstić information content (AvgIpc) is 3.19. The number of hydrogen-bond acceptors (Lipinski definition) is 2. The van der Waals surface area contributed by atoms with Crippen LogP contribution < -0.4 is 5.32 Å². The first kappa shape index (κ1) is 20.2. The maximum absolute atomic E-state index is 12.7. The monoisotopic (exact) mass is 416 g/mol. The molecule has 1 atom stereocenters. The van der Waals surface area contributed by atoms with Crippen molar-refractivity contribution in [3.8, 4) is 0 Å². The zero-order valence-corrected chi connectivity index (χ0v) is 17.3. The molecule has 0 unspecified atom stereocenters. The van der Waals surface area contributed by atoms with Gasteiger partial charge < -0.3 is 10.2 Å². The van der Waals surface area contributed by atoms with Crippen molar-refractivity contribution in [2.24, 2.45) is 0 Å². The Bertz CT molecular complexity index is 943. The number of benzene rings is 2. The first-order valence-electron chi connectivity index (χ1n) is 8.95. The van der Waals surface area contributed by atoms with Gasteiger partial charge in [-0.2, -0.15) is 5.10 Å². The number of carbonyl (C=O) groups is 1. The molecule has 2 amide bonds. The van der Waals surface area contributed by atoms with Crippen molar-refractivity contribution >= 4 is 29.2 Å². The fraction of sp³-hybridized carbons (Fsp3) is 0.238. The number of aromatic nitrogens is 2. The van der Waals surface area contributed by atoms with E-state index < -0.39 is 0 Å². The van der Waals surface area contributed by atoms with Crippen molar-refractivity contribution in [2.45, 2.75) is 26.1 Å². The van der Waals surface area contributed by atoms with Crippen LogP contribution in [0.4, 0.5) is 4.79 Å². The van der Waals surface area contributed by atoms with Gasteiger partial charge in [0, 0.05) is 36.0 Å². The van der Waals surface area contributed by atoms with Crippen LogP contribution in [0.5, 0.6) is 0 Å². The molecule has 0 aliphatic rings. The molecular formula is C21H22Cl2N4O. The summed E-state index contributed by atoms with van der Waals surface area (Å²) in [6.45, 7) is 3.02. The largest absolute Gasteiger partial charge is 0.334 e. The summed E-state index contributed by atoms with van der Waals surface area (Å²) in [5, 5.41) is 8.35. The summed E-state index contributed by atoms with van der Waals surface area (Å²) in [7, 11) is 1.75. The molecule has 0 fully saturated rings. The summed E-state index contributed by atoms with van der Waals surface area (Å²) in [4.78, 5) is 14.3. The minimum absolute atomic E-state index is 0.174. The fourth-order valence-electron chi connectivity index (χ4n) is 2.97. The molecule has 0 aliphatic carbocycles. The molecule has 0 radical (unpaired) electrons. The molecule has 5 nitrogen and oxygen atoms in total. The Hall–Kier alpha value is -2.50. The Morgan fingerprint density at radius 1 is 1.18 bits per heavy atom. The van der Waals surface area contributed by atoms with Gasteiger partial charge in [0.05, 0.1) is 12.6 Å². The van der Waals surface area contributed by atoms with E-state index in [1.807, 2.05) is 54.2 Å². The smallest absolute Gasteiger partial charge is 0.317 e. The summed E-state index contributed by atoms with van der Waals surface area (Å²) in [5.41, 5.74) is 3.02. The standard InChI is InChI=1S/C21H22Cl2N4O/c1-15(19-9-8-18(22)12-20(19)23)26(2)21(28)24-13-16-6-3-4-7-17(16)14-27-11-5-10-25-27/h3-12,15H,13-14H2,1-2H3,(H,24,28)/t15-/m1/s1. The molecule has 7 heteroatoms. The first-order chi connectivity index (χ1) is 13.5. The van der Waals surface area contributed by atoms with Crippen molar-refractivity contribution < 1.29 is 4.79 Å². The van der Waals surface area contributed by atoms with E-state index in [9.17, 15) is 4.79 Å². The van der Waals surface area contributed by atoms with Gasteiger partial charge >= 0.3 is 6.03 Å². The number of urea groups is 1. The maximum Gasteiger partial charge on any atom is 0.317 e. The molecule has 1 aromatic heterocycles. The van der Waals surface area contributed by atoms with E-state index in [4.69, 9.17) is 23.2 Å². The highest BCUT2D eigenvalue weighted by Crippen LogP contribution is 2.29. The third-order valence-corrected chi connectivity index (χ3v) is 5.32. The van der Waals surface area contributed by atoms with Crippen LogP contribution in [0, 0.1) is 0 Å². The number of carbonyl (C=O) groups excluding carboxylic acids is 1. The molecule has 2 aromatic carbocycles. The predicted octanol–water partition coefficient (Wildman–Crippen LogP) is 5.14. The fourth-order valence-corrected chi connectivity index (χ4v) is 3.54. The summed E-state index contributed by atoms with van der Waals surface area (Å²) < 4.78 is 1.86. The van der Waals surface area contributed by atoms with Gasteiger partial charge in [-0.15, -0.1) is 0 Å². The van der Waals surface area contributed by atoms with Crippen LogP contribution in [0.25, 0.3) is 0 Å². The highest BCUT2D eigenvalue weighted by Gasteiger charge is 2.19. The normalized spacial score (nSPS) is 11.9. The van der Waals surface area contributed by atoms with E-state index in [1.54, 1.807) is 30.3 Å². The second-order valence-electron chi connectivity index (χ2n) is 6.58. The average molecular weight is 417 g/mol. The Labute approximate surface area is 174 Å². The van der Waals surface area contributed by atoms with Crippen molar-refractivity contribution in [3.63, 3.8) is 0 Å². The minimum Gasteiger partial charge on any atom is -0.334 e. The van der Waals surface area contributed by atoms with Crippen LogP contribution in [-0.4, -0.2) is 27.8 Å². The molecule has 28 heavy (non-hydrogen) atoms. The van der Waals surface area contributed by atoms with Gasteiger partial charge in [-0.05, 0) is 41.8 Å². The van der Waals surface area contributed by atoms with Gasteiger partial charge in [-0.1, -0.05) is 53.5 Å². The van der Waals surface area contributed by atoms with Gasteiger partial charge in [-0.25, -0.2) is 4.79 Å². The van der Waals surface area contributed by atoms with E-state index in [2.05, 4.69) is 10.4 Å². The lowest BCUT2D eigenvalue weighted by atomic mass is 10.1. The second kappa shape index (κ2) is 9.13. The van der Waals surface area contributed by atoms with Crippen LogP contribution >= 0.6 is 23.2 Å². The molecule has 146 valence electrons. The quantitative estimate of drug-likeness (QED) is 0.604. The minimum atomic E-state index is -0.191. The van der Waals surface area contributed by atoms with E-state index in [0.717, 1.165) is 16.7 Å². The van der Waals surface area contributed by atoms with Crippen LogP contribution in [0.3, 0.4) is 0 Å². The molecule has 1 heterocycles. The van der Waals surface area contributed by atoms with Crippen LogP contribution in [0.2, 0.25) is 10.0 Å². The highest BCUT2D eigenvalue weighted by molar-refractivity contribution is 6.35. The molecule has 0 saturated heterocycles. The zero-order valence-electron chi connectivity index (χ0n) is 15.8. The van der Waals surface area contributed by atoms with Gasteiger partial charge in [0.15, 0.2) is 0 Å². The van der Waals surface area contributed by atoms with E-state index in [0.29, 0.717) is 23.1 Å². The number of amides is 2. The summed E-state index contributed by atoms with van der Waals surface area (Å²) in [6.07, 6.45) is 3.67. The Kier molecular flexibility index (Phi) is 6.60. The van der Waals surface area contributed by atoms with Crippen LogP contribution in [-0.2, 0) is 13.1 Å². The molecule has 3 rings (SSSR count). The third-order valence-electron chi connectivity index (χ3n) is 4.75. The van der Waals surface area contributed by atoms with E-state index >= 15 is 0 Å². The molecule has 0 bridgehead atoms. The topological polar surface area (TPSA) is 50.2 Å². The summed E-state index contributed by atoms with van der Waals surface area (Å²) in [6, 6.07) is 14.8. The Morgan fingerprint density at radius 2 is 1.93 bits per heavy atom. The van der Waals surface area contributed by atoms with Crippen molar-refractivity contribution in [2.75, 3.05) is 7.05 Å². The van der Waals surface area contributed by atoms with Crippen molar-refractivity contribution in [3.05, 3.63) is 87.7 Å². The van der Waals surface area contributed by atoms with E-state index in [-0.39, 0.29) is 12.1 Å². The zero-order chi connectivity index (χ0) is 20.1. The highest BCUT2D eigenvalue weighted by atomic mass is 35.5. The SMILES string of the molecule is C[C@H](c1ccc(Cl)cc1Cl)N(C)C(=O)NCc1ccccc1Cn1cccn1. The van der Waals surface area contributed by atoms with Crippen LogP contribution in [0.1, 0.15) is 29.7 Å². The lowest BCUT2D eigenvalue weighted by Gasteiger charge is -2.26. The van der Waals surface area contributed by atoms with Crippen LogP contribution in [0.15, 0.2) is 60.9 Å². The molecule has 3 aromatic rings.